The molecular weight excluding hydrogens is 244 g/mol. The van der Waals surface area contributed by atoms with Gasteiger partial charge >= 0.3 is 0 Å². The van der Waals surface area contributed by atoms with Crippen molar-refractivity contribution in [3.63, 3.8) is 0 Å². The van der Waals surface area contributed by atoms with Crippen molar-refractivity contribution in [2.24, 2.45) is 0 Å². The highest BCUT2D eigenvalue weighted by Crippen LogP contribution is 2.29. The highest BCUT2D eigenvalue weighted by molar-refractivity contribution is 5.93. The highest BCUT2D eigenvalue weighted by atomic mass is 16.6. The highest BCUT2D eigenvalue weighted by Gasteiger charge is 2.14. The van der Waals surface area contributed by atoms with Gasteiger partial charge in [0.2, 0.25) is 0 Å². The third-order valence-corrected chi connectivity index (χ3v) is 2.85. The quantitative estimate of drug-likeness (QED) is 0.555. The van der Waals surface area contributed by atoms with E-state index in [2.05, 4.69) is 15.3 Å². The lowest BCUT2D eigenvalue weighted by Gasteiger charge is -2.07. The standard InChI is InChI=1S/C13H10N4O2/c18-17(19)12-5-6-14-8-11(12)16-10-3-1-2-9-4-7-15-13(9)10/h1-8,15-16H. The van der Waals surface area contributed by atoms with Gasteiger partial charge in [-0.15, -0.1) is 0 Å². The van der Waals surface area contributed by atoms with E-state index in [1.807, 2.05) is 30.5 Å². The number of aromatic nitrogens is 2. The lowest BCUT2D eigenvalue weighted by molar-refractivity contribution is -0.384. The summed E-state index contributed by atoms with van der Waals surface area (Å²) in [6, 6.07) is 9.03. The Morgan fingerprint density at radius 1 is 1.21 bits per heavy atom. The maximum atomic E-state index is 11.0. The number of hydrogen-bond acceptors (Lipinski definition) is 4. The molecule has 0 saturated heterocycles. The minimum atomic E-state index is -0.432. The number of fused-ring (bicyclic) bond motifs is 1. The number of rotatable bonds is 3. The minimum Gasteiger partial charge on any atom is -0.359 e. The average Bonchev–Trinajstić information content (AvgIpc) is 2.88. The van der Waals surface area contributed by atoms with Crippen molar-refractivity contribution in [3.8, 4) is 0 Å². The Bertz CT molecular complexity index is 751. The van der Waals surface area contributed by atoms with Gasteiger partial charge in [-0.05, 0) is 12.1 Å². The molecule has 0 spiro atoms. The minimum absolute atomic E-state index is 0.00133. The Morgan fingerprint density at radius 3 is 2.95 bits per heavy atom. The Morgan fingerprint density at radius 2 is 2.11 bits per heavy atom. The topological polar surface area (TPSA) is 83.8 Å². The third-order valence-electron chi connectivity index (χ3n) is 2.85. The van der Waals surface area contributed by atoms with Crippen LogP contribution in [-0.2, 0) is 0 Å². The van der Waals surface area contributed by atoms with Crippen molar-refractivity contribution in [3.05, 3.63) is 59.0 Å². The molecule has 0 atom stereocenters. The largest absolute Gasteiger partial charge is 0.359 e. The van der Waals surface area contributed by atoms with E-state index in [1.54, 1.807) is 0 Å². The second-order valence-electron chi connectivity index (χ2n) is 4.02. The number of H-pyrrole nitrogens is 1. The fourth-order valence-electron chi connectivity index (χ4n) is 1.98. The first kappa shape index (κ1) is 11.2. The molecule has 3 aromatic rings. The van der Waals surface area contributed by atoms with Crippen molar-refractivity contribution in [2.45, 2.75) is 0 Å². The van der Waals surface area contributed by atoms with Crippen LogP contribution in [0, 0.1) is 10.1 Å². The summed E-state index contributed by atoms with van der Waals surface area (Å²) in [6.07, 6.45) is 4.67. The summed E-state index contributed by atoms with van der Waals surface area (Å²) in [5.74, 6) is 0. The number of para-hydroxylation sites is 1. The maximum Gasteiger partial charge on any atom is 0.295 e. The molecule has 94 valence electrons. The Labute approximate surface area is 108 Å². The number of nitrogens with one attached hydrogen (secondary N) is 2. The summed E-state index contributed by atoms with van der Waals surface area (Å²) in [5, 5.41) is 15.0. The van der Waals surface area contributed by atoms with Crippen LogP contribution in [0.2, 0.25) is 0 Å². The lowest BCUT2D eigenvalue weighted by atomic mass is 10.2. The van der Waals surface area contributed by atoms with Gasteiger partial charge in [0.15, 0.2) is 0 Å². The fourth-order valence-corrected chi connectivity index (χ4v) is 1.98. The number of nitrogens with zero attached hydrogens (tertiary/aromatic N) is 2. The predicted octanol–water partition coefficient (Wildman–Crippen LogP) is 3.21. The van der Waals surface area contributed by atoms with Gasteiger partial charge in [-0.1, -0.05) is 12.1 Å². The van der Waals surface area contributed by atoms with Crippen molar-refractivity contribution in [1.29, 1.82) is 0 Å². The molecule has 0 bridgehead atoms. The first-order valence-electron chi connectivity index (χ1n) is 5.67. The van der Waals surface area contributed by atoms with Crippen LogP contribution in [0.3, 0.4) is 0 Å². The molecule has 0 amide bonds. The molecule has 6 heteroatoms. The second kappa shape index (κ2) is 4.41. The monoisotopic (exact) mass is 254 g/mol. The van der Waals surface area contributed by atoms with Gasteiger partial charge in [0.05, 0.1) is 22.3 Å². The van der Waals surface area contributed by atoms with Gasteiger partial charge < -0.3 is 10.3 Å². The van der Waals surface area contributed by atoms with Crippen molar-refractivity contribution >= 4 is 28.0 Å². The second-order valence-corrected chi connectivity index (χ2v) is 4.02. The summed E-state index contributed by atoms with van der Waals surface area (Å²) in [5.41, 5.74) is 2.05. The lowest BCUT2D eigenvalue weighted by Crippen LogP contribution is -1.98. The van der Waals surface area contributed by atoms with Gasteiger partial charge in [0.25, 0.3) is 5.69 Å². The van der Waals surface area contributed by atoms with Crippen LogP contribution < -0.4 is 5.32 Å². The average molecular weight is 254 g/mol. The van der Waals surface area contributed by atoms with Crippen LogP contribution >= 0.6 is 0 Å². The zero-order valence-electron chi connectivity index (χ0n) is 9.83. The molecule has 2 heterocycles. The molecule has 3 rings (SSSR count). The molecule has 0 aliphatic carbocycles. The van der Waals surface area contributed by atoms with E-state index in [4.69, 9.17) is 0 Å². The number of aromatic amines is 1. The van der Waals surface area contributed by atoms with Crippen LogP contribution in [0.15, 0.2) is 48.9 Å². The number of pyridine rings is 1. The molecule has 0 aliphatic heterocycles. The first-order chi connectivity index (χ1) is 9.25. The Hall–Kier alpha value is -2.89. The summed E-state index contributed by atoms with van der Waals surface area (Å²) in [6.45, 7) is 0. The fraction of sp³-hybridized carbons (Fsp3) is 0. The van der Waals surface area contributed by atoms with E-state index in [9.17, 15) is 10.1 Å². The molecule has 1 aromatic carbocycles. The van der Waals surface area contributed by atoms with Gasteiger partial charge in [-0.25, -0.2) is 0 Å². The van der Waals surface area contributed by atoms with Crippen LogP contribution in [0.1, 0.15) is 0 Å². The molecular formula is C13H10N4O2. The van der Waals surface area contributed by atoms with E-state index in [0.29, 0.717) is 5.69 Å². The molecule has 0 unspecified atom stereocenters. The SMILES string of the molecule is O=[N+]([O-])c1ccncc1Nc1cccc2cc[nH]c12. The third kappa shape index (κ3) is 1.99. The van der Waals surface area contributed by atoms with Crippen LogP contribution in [0.25, 0.3) is 10.9 Å². The smallest absolute Gasteiger partial charge is 0.295 e. The molecule has 2 aromatic heterocycles. The van der Waals surface area contributed by atoms with Crippen molar-refractivity contribution < 1.29 is 4.92 Å². The van der Waals surface area contributed by atoms with E-state index in [1.165, 1.54) is 18.5 Å². The van der Waals surface area contributed by atoms with E-state index in [-0.39, 0.29) is 5.69 Å². The molecule has 0 fully saturated rings. The molecule has 6 nitrogen and oxygen atoms in total. The number of benzene rings is 1. The van der Waals surface area contributed by atoms with Gasteiger partial charge in [0, 0.05) is 23.8 Å². The molecule has 2 N–H and O–H groups in total. The summed E-state index contributed by atoms with van der Waals surface area (Å²) in [7, 11) is 0. The van der Waals surface area contributed by atoms with Gasteiger partial charge in [0.1, 0.15) is 5.69 Å². The zero-order chi connectivity index (χ0) is 13.2. The van der Waals surface area contributed by atoms with Crippen LogP contribution in [-0.4, -0.2) is 14.9 Å². The number of nitro groups is 1. The predicted molar refractivity (Wildman–Crippen MR) is 72.5 cm³/mol. The molecule has 19 heavy (non-hydrogen) atoms. The first-order valence-corrected chi connectivity index (χ1v) is 5.67. The van der Waals surface area contributed by atoms with E-state index < -0.39 is 4.92 Å². The van der Waals surface area contributed by atoms with Crippen molar-refractivity contribution in [1.82, 2.24) is 9.97 Å². The number of anilines is 2. The van der Waals surface area contributed by atoms with Gasteiger partial charge in [-0.2, -0.15) is 0 Å². The molecule has 0 radical (unpaired) electrons. The Kier molecular flexibility index (Phi) is 2.60. The van der Waals surface area contributed by atoms with Crippen molar-refractivity contribution in [2.75, 3.05) is 5.32 Å². The summed E-state index contributed by atoms with van der Waals surface area (Å²) >= 11 is 0. The van der Waals surface area contributed by atoms with E-state index >= 15 is 0 Å². The maximum absolute atomic E-state index is 11.0. The van der Waals surface area contributed by atoms with E-state index in [0.717, 1.165) is 16.6 Å². The van der Waals surface area contributed by atoms with Crippen LogP contribution in [0.4, 0.5) is 17.1 Å². The van der Waals surface area contributed by atoms with Gasteiger partial charge in [-0.3, -0.25) is 15.1 Å². The molecule has 0 saturated carbocycles. The zero-order valence-corrected chi connectivity index (χ0v) is 9.83. The number of hydrogen-bond donors (Lipinski definition) is 2. The summed E-state index contributed by atoms with van der Waals surface area (Å²) in [4.78, 5) is 17.5. The van der Waals surface area contributed by atoms with Crippen LogP contribution in [0.5, 0.6) is 0 Å². The summed E-state index contributed by atoms with van der Waals surface area (Å²) < 4.78 is 0. The normalized spacial score (nSPS) is 10.5. The molecule has 0 aliphatic rings. The Balaban J connectivity index is 2.06.